The Balaban J connectivity index is 1.94. The van der Waals surface area contributed by atoms with E-state index < -0.39 is 5.97 Å². The van der Waals surface area contributed by atoms with Crippen LogP contribution in [0.2, 0.25) is 0 Å². The SMILES string of the molecule is CCCc1ccc(CC(CC(=O)O)NC2CCCC2)cc1. The van der Waals surface area contributed by atoms with Crippen LogP contribution in [0.3, 0.4) is 0 Å². The zero-order valence-corrected chi connectivity index (χ0v) is 13.0. The average molecular weight is 289 g/mol. The Morgan fingerprint density at radius 1 is 1.24 bits per heavy atom. The highest BCUT2D eigenvalue weighted by Gasteiger charge is 2.21. The van der Waals surface area contributed by atoms with E-state index in [9.17, 15) is 4.79 Å². The first-order valence-corrected chi connectivity index (χ1v) is 8.23. The highest BCUT2D eigenvalue weighted by Crippen LogP contribution is 2.19. The van der Waals surface area contributed by atoms with E-state index in [0.29, 0.717) is 6.04 Å². The summed E-state index contributed by atoms with van der Waals surface area (Å²) in [4.78, 5) is 11.1. The van der Waals surface area contributed by atoms with Gasteiger partial charge in [-0.25, -0.2) is 0 Å². The lowest BCUT2D eigenvalue weighted by Gasteiger charge is -2.22. The number of aliphatic carboxylic acids is 1. The minimum Gasteiger partial charge on any atom is -0.481 e. The summed E-state index contributed by atoms with van der Waals surface area (Å²) >= 11 is 0. The fourth-order valence-electron chi connectivity index (χ4n) is 3.24. The Labute approximate surface area is 127 Å². The molecule has 1 fully saturated rings. The maximum atomic E-state index is 11.1. The topological polar surface area (TPSA) is 49.3 Å². The van der Waals surface area contributed by atoms with Gasteiger partial charge in [0.25, 0.3) is 0 Å². The molecule has 0 bridgehead atoms. The number of hydrogen-bond acceptors (Lipinski definition) is 2. The van der Waals surface area contributed by atoms with E-state index in [1.54, 1.807) is 0 Å². The smallest absolute Gasteiger partial charge is 0.304 e. The first kappa shape index (κ1) is 16.0. The number of rotatable bonds is 8. The molecular formula is C18H27NO2. The summed E-state index contributed by atoms with van der Waals surface area (Å²) in [6, 6.07) is 9.20. The Bertz CT molecular complexity index is 435. The molecule has 1 aromatic carbocycles. The molecule has 3 nitrogen and oxygen atoms in total. The Morgan fingerprint density at radius 3 is 2.43 bits per heavy atom. The summed E-state index contributed by atoms with van der Waals surface area (Å²) in [6.07, 6.45) is 8.18. The minimum atomic E-state index is -0.715. The molecule has 0 amide bonds. The van der Waals surface area contributed by atoms with E-state index in [2.05, 4.69) is 36.5 Å². The fourth-order valence-corrected chi connectivity index (χ4v) is 3.24. The molecule has 0 radical (unpaired) electrons. The van der Waals surface area contributed by atoms with Crippen LogP contribution in [-0.4, -0.2) is 23.2 Å². The van der Waals surface area contributed by atoms with Gasteiger partial charge in [0.2, 0.25) is 0 Å². The largest absolute Gasteiger partial charge is 0.481 e. The summed E-state index contributed by atoms with van der Waals surface area (Å²) in [5, 5.41) is 12.7. The van der Waals surface area contributed by atoms with Gasteiger partial charge in [0, 0.05) is 12.1 Å². The molecule has 1 aliphatic rings. The molecule has 1 atom stereocenters. The van der Waals surface area contributed by atoms with Crippen LogP contribution in [0.4, 0.5) is 0 Å². The molecule has 3 heteroatoms. The molecule has 0 aliphatic heterocycles. The molecule has 0 spiro atoms. The van der Waals surface area contributed by atoms with E-state index >= 15 is 0 Å². The van der Waals surface area contributed by atoms with Crippen molar-refractivity contribution >= 4 is 5.97 Å². The van der Waals surface area contributed by atoms with Gasteiger partial charge >= 0.3 is 5.97 Å². The van der Waals surface area contributed by atoms with Crippen molar-refractivity contribution < 1.29 is 9.90 Å². The second-order valence-electron chi connectivity index (χ2n) is 6.21. The van der Waals surface area contributed by atoms with Crippen molar-refractivity contribution in [1.82, 2.24) is 5.32 Å². The summed E-state index contributed by atoms with van der Waals surface area (Å²) < 4.78 is 0. The number of carboxylic acid groups (broad SMARTS) is 1. The van der Waals surface area contributed by atoms with E-state index in [-0.39, 0.29) is 12.5 Å². The maximum Gasteiger partial charge on any atom is 0.304 e. The van der Waals surface area contributed by atoms with Crippen LogP contribution >= 0.6 is 0 Å². The van der Waals surface area contributed by atoms with Crippen LogP contribution < -0.4 is 5.32 Å². The number of nitrogens with one attached hydrogen (secondary N) is 1. The lowest BCUT2D eigenvalue weighted by Crippen LogP contribution is -2.39. The number of carbonyl (C=O) groups is 1. The van der Waals surface area contributed by atoms with Gasteiger partial charge in [-0.05, 0) is 36.8 Å². The molecule has 1 unspecified atom stereocenters. The number of hydrogen-bond donors (Lipinski definition) is 2. The van der Waals surface area contributed by atoms with Gasteiger partial charge in [-0.15, -0.1) is 0 Å². The van der Waals surface area contributed by atoms with Crippen LogP contribution in [0, 0.1) is 0 Å². The van der Waals surface area contributed by atoms with Crippen LogP contribution in [0.15, 0.2) is 24.3 Å². The van der Waals surface area contributed by atoms with Crippen molar-refractivity contribution in [2.45, 2.75) is 70.4 Å². The minimum absolute atomic E-state index is 0.0441. The fraction of sp³-hybridized carbons (Fsp3) is 0.611. The van der Waals surface area contributed by atoms with Crippen LogP contribution in [-0.2, 0) is 17.6 Å². The van der Waals surface area contributed by atoms with Crippen molar-refractivity contribution in [2.24, 2.45) is 0 Å². The Kier molecular flexibility index (Phi) is 6.24. The van der Waals surface area contributed by atoms with E-state index in [0.717, 1.165) is 19.3 Å². The molecule has 0 aromatic heterocycles. The van der Waals surface area contributed by atoms with Gasteiger partial charge in [-0.3, -0.25) is 4.79 Å². The second kappa shape index (κ2) is 8.18. The monoisotopic (exact) mass is 289 g/mol. The normalized spacial score (nSPS) is 17.0. The standard InChI is InChI=1S/C18H27NO2/c1-2-5-14-8-10-15(11-9-14)12-17(13-18(20)21)19-16-6-3-4-7-16/h8-11,16-17,19H,2-7,12-13H2,1H3,(H,20,21). The van der Waals surface area contributed by atoms with Crippen molar-refractivity contribution in [1.29, 1.82) is 0 Å². The van der Waals surface area contributed by atoms with Crippen molar-refractivity contribution in [3.63, 3.8) is 0 Å². The van der Waals surface area contributed by atoms with Crippen molar-refractivity contribution in [3.8, 4) is 0 Å². The summed E-state index contributed by atoms with van der Waals surface area (Å²) in [5.74, 6) is -0.715. The zero-order valence-electron chi connectivity index (χ0n) is 13.0. The second-order valence-corrected chi connectivity index (χ2v) is 6.21. The van der Waals surface area contributed by atoms with E-state index in [4.69, 9.17) is 5.11 Å². The van der Waals surface area contributed by atoms with Gasteiger partial charge in [-0.2, -0.15) is 0 Å². The third kappa shape index (κ3) is 5.50. The summed E-state index contributed by atoms with van der Waals surface area (Å²) in [5.41, 5.74) is 2.59. The van der Waals surface area contributed by atoms with Gasteiger partial charge in [0.1, 0.15) is 0 Å². The number of benzene rings is 1. The molecule has 116 valence electrons. The van der Waals surface area contributed by atoms with Crippen molar-refractivity contribution in [3.05, 3.63) is 35.4 Å². The molecule has 0 heterocycles. The lowest BCUT2D eigenvalue weighted by atomic mass is 10.00. The Hall–Kier alpha value is -1.35. The molecular weight excluding hydrogens is 262 g/mol. The molecule has 1 saturated carbocycles. The highest BCUT2D eigenvalue weighted by atomic mass is 16.4. The van der Waals surface area contributed by atoms with Gasteiger partial charge in [-0.1, -0.05) is 50.5 Å². The first-order valence-electron chi connectivity index (χ1n) is 8.23. The lowest BCUT2D eigenvalue weighted by molar-refractivity contribution is -0.137. The van der Waals surface area contributed by atoms with Gasteiger partial charge < -0.3 is 10.4 Å². The van der Waals surface area contributed by atoms with Gasteiger partial charge in [0.15, 0.2) is 0 Å². The van der Waals surface area contributed by atoms with E-state index in [1.165, 1.54) is 36.8 Å². The zero-order chi connectivity index (χ0) is 15.1. The first-order chi connectivity index (χ1) is 10.2. The predicted octanol–water partition coefficient (Wildman–Crippen LogP) is 3.56. The molecule has 1 aromatic rings. The summed E-state index contributed by atoms with van der Waals surface area (Å²) in [6.45, 7) is 2.18. The molecule has 2 rings (SSSR count). The van der Waals surface area contributed by atoms with Crippen LogP contribution in [0.25, 0.3) is 0 Å². The van der Waals surface area contributed by atoms with Crippen molar-refractivity contribution in [2.75, 3.05) is 0 Å². The van der Waals surface area contributed by atoms with Crippen LogP contribution in [0.5, 0.6) is 0 Å². The highest BCUT2D eigenvalue weighted by molar-refractivity contribution is 5.67. The summed E-state index contributed by atoms with van der Waals surface area (Å²) in [7, 11) is 0. The molecule has 1 aliphatic carbocycles. The molecule has 0 saturated heterocycles. The van der Waals surface area contributed by atoms with Gasteiger partial charge in [0.05, 0.1) is 6.42 Å². The molecule has 21 heavy (non-hydrogen) atoms. The average Bonchev–Trinajstić information content (AvgIpc) is 2.93. The van der Waals surface area contributed by atoms with E-state index in [1.807, 2.05) is 0 Å². The number of carboxylic acids is 1. The third-order valence-electron chi connectivity index (χ3n) is 4.29. The quantitative estimate of drug-likeness (QED) is 0.769. The maximum absolute atomic E-state index is 11.1. The number of aryl methyl sites for hydroxylation is 1. The predicted molar refractivity (Wildman–Crippen MR) is 85.6 cm³/mol. The Morgan fingerprint density at radius 2 is 1.86 bits per heavy atom. The van der Waals surface area contributed by atoms with Crippen LogP contribution in [0.1, 0.15) is 56.6 Å². The molecule has 2 N–H and O–H groups in total. The third-order valence-corrected chi connectivity index (χ3v) is 4.29.